The molecule has 0 fully saturated rings. The van der Waals surface area contributed by atoms with E-state index in [4.69, 9.17) is 0 Å². The number of benzene rings is 1. The highest BCUT2D eigenvalue weighted by Crippen LogP contribution is 2.16. The first-order valence-electron chi connectivity index (χ1n) is 7.65. The second-order valence-electron chi connectivity index (χ2n) is 5.33. The van der Waals surface area contributed by atoms with Crippen molar-refractivity contribution in [2.24, 2.45) is 0 Å². The highest BCUT2D eigenvalue weighted by atomic mass is 32.1. The largest absolute Gasteiger partial charge is 0.468 e. The summed E-state index contributed by atoms with van der Waals surface area (Å²) in [6.45, 7) is -0.620. The average molecular weight is 373 g/mol. The number of rotatable bonds is 5. The van der Waals surface area contributed by atoms with Crippen molar-refractivity contribution in [1.29, 1.82) is 0 Å². The zero-order chi connectivity index (χ0) is 18.7. The van der Waals surface area contributed by atoms with Crippen LogP contribution in [0.2, 0.25) is 0 Å². The van der Waals surface area contributed by atoms with Crippen LogP contribution in [-0.2, 0) is 20.9 Å². The summed E-state index contributed by atoms with van der Waals surface area (Å²) in [7, 11) is 1.21. The Balaban J connectivity index is 2.07. The van der Waals surface area contributed by atoms with Gasteiger partial charge >= 0.3 is 11.7 Å². The predicted octanol–water partition coefficient (Wildman–Crippen LogP) is 0.503. The fourth-order valence-corrected chi connectivity index (χ4v) is 3.31. The third kappa shape index (κ3) is 3.29. The Morgan fingerprint density at radius 1 is 1.15 bits per heavy atom. The highest BCUT2D eigenvalue weighted by molar-refractivity contribution is 7.17. The lowest BCUT2D eigenvalue weighted by atomic mass is 10.3. The third-order valence-corrected chi connectivity index (χ3v) is 4.62. The van der Waals surface area contributed by atoms with E-state index in [0.29, 0.717) is 15.9 Å². The van der Waals surface area contributed by atoms with Gasteiger partial charge in [0.15, 0.2) is 0 Å². The molecule has 0 aliphatic carbocycles. The number of amides is 1. The number of methoxy groups -OCH3 is 1. The molecule has 3 aromatic rings. The number of para-hydroxylation sites is 1. The molecule has 0 aliphatic rings. The number of carbonyl (C=O) groups excluding carboxylic acids is 2. The summed E-state index contributed by atoms with van der Waals surface area (Å²) in [6.07, 6.45) is 0. The van der Waals surface area contributed by atoms with E-state index in [2.05, 4.69) is 10.1 Å². The van der Waals surface area contributed by atoms with Crippen LogP contribution in [-0.4, -0.2) is 34.7 Å². The summed E-state index contributed by atoms with van der Waals surface area (Å²) in [4.78, 5) is 48.9. The zero-order valence-electron chi connectivity index (χ0n) is 13.8. The van der Waals surface area contributed by atoms with Crippen LogP contribution in [0, 0.1) is 0 Å². The van der Waals surface area contributed by atoms with Gasteiger partial charge in [0.2, 0.25) is 5.91 Å². The Hall–Kier alpha value is -3.20. The van der Waals surface area contributed by atoms with Crippen molar-refractivity contribution < 1.29 is 14.3 Å². The Morgan fingerprint density at radius 3 is 2.58 bits per heavy atom. The van der Waals surface area contributed by atoms with E-state index in [1.807, 2.05) is 0 Å². The molecule has 0 bridgehead atoms. The van der Waals surface area contributed by atoms with E-state index >= 15 is 0 Å². The maximum Gasteiger partial charge on any atom is 0.336 e. The average Bonchev–Trinajstić information content (AvgIpc) is 3.14. The van der Waals surface area contributed by atoms with E-state index in [0.717, 1.165) is 4.57 Å². The van der Waals surface area contributed by atoms with Gasteiger partial charge in [0.05, 0.1) is 18.3 Å². The van der Waals surface area contributed by atoms with Gasteiger partial charge in [-0.15, -0.1) is 11.3 Å². The number of thiophene rings is 1. The van der Waals surface area contributed by atoms with E-state index in [9.17, 15) is 19.2 Å². The Labute approximate surface area is 151 Å². The van der Waals surface area contributed by atoms with Gasteiger partial charge in [0.1, 0.15) is 17.8 Å². The van der Waals surface area contributed by atoms with Crippen LogP contribution in [0.3, 0.4) is 0 Å². The number of nitrogens with zero attached hydrogens (tertiary/aromatic N) is 2. The molecule has 1 aromatic carbocycles. The van der Waals surface area contributed by atoms with E-state index in [1.165, 1.54) is 23.0 Å². The van der Waals surface area contributed by atoms with Gasteiger partial charge in [-0.25, -0.2) is 9.36 Å². The van der Waals surface area contributed by atoms with Gasteiger partial charge in [0.25, 0.3) is 5.56 Å². The van der Waals surface area contributed by atoms with Crippen LogP contribution in [0.15, 0.2) is 51.4 Å². The van der Waals surface area contributed by atoms with E-state index < -0.39 is 23.1 Å². The van der Waals surface area contributed by atoms with Crippen molar-refractivity contribution in [2.45, 2.75) is 6.54 Å². The molecule has 26 heavy (non-hydrogen) atoms. The minimum atomic E-state index is -0.625. The molecule has 0 aliphatic heterocycles. The second kappa shape index (κ2) is 7.36. The lowest BCUT2D eigenvalue weighted by molar-refractivity contribution is -0.141. The van der Waals surface area contributed by atoms with Crippen molar-refractivity contribution in [1.82, 2.24) is 14.5 Å². The van der Waals surface area contributed by atoms with Gasteiger partial charge < -0.3 is 10.1 Å². The molecule has 8 nitrogen and oxygen atoms in total. The Morgan fingerprint density at radius 2 is 1.88 bits per heavy atom. The summed E-state index contributed by atoms with van der Waals surface area (Å²) in [5.41, 5.74) is -0.260. The summed E-state index contributed by atoms with van der Waals surface area (Å²) >= 11 is 1.20. The highest BCUT2D eigenvalue weighted by Gasteiger charge is 2.17. The van der Waals surface area contributed by atoms with Gasteiger partial charge in [-0.2, -0.15) is 0 Å². The standard InChI is InChI=1S/C17H15N3O5S/c1-25-14(22)9-18-13(21)10-19-12-7-8-26-15(12)16(23)20(17(19)24)11-5-3-2-4-6-11/h2-8H,9-10H2,1H3,(H,18,21). The molecule has 2 aromatic heterocycles. The van der Waals surface area contributed by atoms with Crippen LogP contribution in [0.1, 0.15) is 0 Å². The van der Waals surface area contributed by atoms with E-state index in [-0.39, 0.29) is 13.1 Å². The van der Waals surface area contributed by atoms with Crippen molar-refractivity contribution >= 4 is 33.4 Å². The smallest absolute Gasteiger partial charge is 0.336 e. The van der Waals surface area contributed by atoms with Gasteiger partial charge in [0, 0.05) is 0 Å². The molecular weight excluding hydrogens is 358 g/mol. The summed E-state index contributed by atoms with van der Waals surface area (Å²) in [6, 6.07) is 10.1. The number of ether oxygens (including phenoxy) is 1. The predicted molar refractivity (Wildman–Crippen MR) is 96.7 cm³/mol. The Bertz CT molecular complexity index is 1080. The summed E-state index contributed by atoms with van der Waals surface area (Å²) in [5, 5.41) is 4.07. The summed E-state index contributed by atoms with van der Waals surface area (Å²) in [5.74, 6) is -1.14. The first-order valence-corrected chi connectivity index (χ1v) is 8.53. The molecule has 1 amide bonds. The van der Waals surface area contributed by atoms with Crippen molar-refractivity contribution in [3.8, 4) is 5.69 Å². The minimum Gasteiger partial charge on any atom is -0.468 e. The summed E-state index contributed by atoms with van der Waals surface area (Å²) < 4.78 is 7.08. The van der Waals surface area contributed by atoms with Crippen LogP contribution in [0.4, 0.5) is 0 Å². The van der Waals surface area contributed by atoms with Gasteiger partial charge in [-0.1, -0.05) is 18.2 Å². The molecule has 0 atom stereocenters. The molecule has 2 heterocycles. The van der Waals surface area contributed by atoms with Crippen LogP contribution >= 0.6 is 11.3 Å². The maximum atomic E-state index is 12.9. The first-order chi connectivity index (χ1) is 12.5. The van der Waals surface area contributed by atoms with Gasteiger partial charge in [-0.3, -0.25) is 19.0 Å². The topological polar surface area (TPSA) is 99.4 Å². The fourth-order valence-electron chi connectivity index (χ4n) is 2.49. The molecule has 0 spiro atoms. The minimum absolute atomic E-state index is 0.296. The van der Waals surface area contributed by atoms with Crippen LogP contribution < -0.4 is 16.6 Å². The monoisotopic (exact) mass is 373 g/mol. The molecule has 3 rings (SSSR count). The first kappa shape index (κ1) is 17.6. The molecule has 9 heteroatoms. The van der Waals surface area contributed by atoms with E-state index in [1.54, 1.807) is 41.8 Å². The number of esters is 1. The molecule has 0 saturated carbocycles. The zero-order valence-corrected chi connectivity index (χ0v) is 14.6. The Kier molecular flexibility index (Phi) is 4.99. The SMILES string of the molecule is COC(=O)CNC(=O)Cn1c(=O)n(-c2ccccc2)c(=O)c2sccc21. The molecule has 134 valence electrons. The van der Waals surface area contributed by atoms with Crippen molar-refractivity contribution in [2.75, 3.05) is 13.7 Å². The quantitative estimate of drug-likeness (QED) is 0.657. The maximum absolute atomic E-state index is 12.9. The lowest BCUT2D eigenvalue weighted by Crippen LogP contribution is -2.42. The second-order valence-corrected chi connectivity index (χ2v) is 6.25. The number of carbonyl (C=O) groups is 2. The van der Waals surface area contributed by atoms with Gasteiger partial charge in [-0.05, 0) is 23.6 Å². The molecule has 0 unspecified atom stereocenters. The third-order valence-electron chi connectivity index (χ3n) is 3.73. The van der Waals surface area contributed by atoms with Crippen molar-refractivity contribution in [3.05, 3.63) is 62.6 Å². The molecular formula is C17H15N3O5S. The number of hydrogen-bond acceptors (Lipinski definition) is 6. The number of hydrogen-bond donors (Lipinski definition) is 1. The number of aromatic nitrogens is 2. The molecule has 0 saturated heterocycles. The normalized spacial score (nSPS) is 10.7. The molecule has 1 N–H and O–H groups in total. The van der Waals surface area contributed by atoms with Crippen molar-refractivity contribution in [3.63, 3.8) is 0 Å². The number of nitrogens with one attached hydrogen (secondary N) is 1. The fraction of sp³-hybridized carbons (Fsp3) is 0.176. The molecule has 0 radical (unpaired) electrons. The van der Waals surface area contributed by atoms with Crippen LogP contribution in [0.25, 0.3) is 15.9 Å². The number of fused-ring (bicyclic) bond motifs is 1. The van der Waals surface area contributed by atoms with Crippen LogP contribution in [0.5, 0.6) is 0 Å². The lowest BCUT2D eigenvalue weighted by Gasteiger charge is -2.12.